The van der Waals surface area contributed by atoms with Crippen molar-refractivity contribution in [3.05, 3.63) is 24.0 Å². The summed E-state index contributed by atoms with van der Waals surface area (Å²) in [4.78, 5) is 9.51. The van der Waals surface area contributed by atoms with Gasteiger partial charge in [0, 0.05) is 41.3 Å². The summed E-state index contributed by atoms with van der Waals surface area (Å²) in [6.45, 7) is 2.68. The average molecular weight is 364 g/mol. The highest BCUT2D eigenvalue weighted by Crippen LogP contribution is 2.59. The van der Waals surface area contributed by atoms with Crippen molar-refractivity contribution in [3.8, 4) is 0 Å². The number of aromatic amines is 1. The Morgan fingerprint density at radius 3 is 2.78 bits per heavy atom. The van der Waals surface area contributed by atoms with Crippen LogP contribution in [0.3, 0.4) is 0 Å². The highest BCUT2D eigenvalue weighted by molar-refractivity contribution is 6.66. The van der Waals surface area contributed by atoms with E-state index in [0.717, 1.165) is 47.0 Å². The second-order valence-electron chi connectivity index (χ2n) is 9.16. The molecule has 4 fully saturated rings. The monoisotopic (exact) mass is 364 g/mol. The second kappa shape index (κ2) is 5.36. The van der Waals surface area contributed by atoms with E-state index in [1.807, 2.05) is 13.1 Å². The van der Waals surface area contributed by atoms with Crippen molar-refractivity contribution in [2.45, 2.75) is 44.6 Å². The summed E-state index contributed by atoms with van der Waals surface area (Å²) in [5, 5.41) is 27.9. The van der Waals surface area contributed by atoms with Gasteiger partial charge in [0.2, 0.25) is 0 Å². The van der Waals surface area contributed by atoms with Crippen molar-refractivity contribution in [3.63, 3.8) is 0 Å². The van der Waals surface area contributed by atoms with Gasteiger partial charge in [-0.3, -0.25) is 0 Å². The Morgan fingerprint density at radius 2 is 2.07 bits per heavy atom. The normalized spacial score (nSPS) is 37.1. The third kappa shape index (κ3) is 2.15. The van der Waals surface area contributed by atoms with Gasteiger partial charge in [0.25, 0.3) is 0 Å². The molecule has 3 heterocycles. The van der Waals surface area contributed by atoms with Crippen LogP contribution in [0, 0.1) is 23.7 Å². The van der Waals surface area contributed by atoms with Gasteiger partial charge < -0.3 is 20.0 Å². The predicted molar refractivity (Wildman–Crippen MR) is 105 cm³/mol. The fourth-order valence-corrected chi connectivity index (χ4v) is 6.81. The quantitative estimate of drug-likeness (QED) is 0.705. The van der Waals surface area contributed by atoms with Crippen LogP contribution in [0.5, 0.6) is 0 Å². The number of hydrogen-bond donors (Lipinski definition) is 3. The smallest absolute Gasteiger partial charge is 0.428 e. The van der Waals surface area contributed by atoms with E-state index in [9.17, 15) is 10.1 Å². The predicted octanol–water partition coefficient (Wildman–Crippen LogP) is 1.48. The Labute approximate surface area is 158 Å². The van der Waals surface area contributed by atoms with Crippen molar-refractivity contribution in [2.75, 3.05) is 6.54 Å². The highest BCUT2D eigenvalue weighted by atomic mass is 16.3. The summed E-state index contributed by atoms with van der Waals surface area (Å²) < 4.78 is 0. The molecular weight excluding hydrogens is 339 g/mol. The average Bonchev–Trinajstić information content (AvgIpc) is 3.10. The SMILES string of the molecule is CCN1N=C(C2[C@@H]3CC4C[C@H]2CC(O)(C4)C3)c2c(cnc3[nH]ccc23)B1O. The van der Waals surface area contributed by atoms with Crippen molar-refractivity contribution < 1.29 is 10.1 Å². The van der Waals surface area contributed by atoms with Crippen LogP contribution in [0.4, 0.5) is 0 Å². The fourth-order valence-electron chi connectivity index (χ4n) is 6.81. The number of nitrogens with one attached hydrogen (secondary N) is 1. The first-order valence-electron chi connectivity index (χ1n) is 10.3. The maximum Gasteiger partial charge on any atom is 0.468 e. The number of rotatable bonds is 2. The van der Waals surface area contributed by atoms with E-state index >= 15 is 0 Å². The third-order valence-corrected chi connectivity index (χ3v) is 7.55. The summed E-state index contributed by atoms with van der Waals surface area (Å²) in [5.41, 5.74) is 3.45. The molecule has 0 saturated heterocycles. The van der Waals surface area contributed by atoms with Gasteiger partial charge in [0.1, 0.15) is 5.65 Å². The van der Waals surface area contributed by atoms with Gasteiger partial charge in [0.15, 0.2) is 0 Å². The molecule has 0 radical (unpaired) electrons. The minimum atomic E-state index is -0.749. The molecule has 7 rings (SSSR count). The number of aliphatic hydroxyl groups is 1. The van der Waals surface area contributed by atoms with Gasteiger partial charge in [-0.25, -0.2) is 4.98 Å². The van der Waals surface area contributed by atoms with Crippen LogP contribution in [0.2, 0.25) is 0 Å². The maximum atomic E-state index is 11.0. The lowest BCUT2D eigenvalue weighted by molar-refractivity contribution is -0.138. The Bertz CT molecular complexity index is 941. The molecule has 5 atom stereocenters. The van der Waals surface area contributed by atoms with E-state index in [2.05, 4.69) is 16.0 Å². The zero-order chi connectivity index (χ0) is 18.3. The second-order valence-corrected chi connectivity index (χ2v) is 9.16. The molecular formula is C20H25BN4O2. The molecule has 1 aliphatic heterocycles. The van der Waals surface area contributed by atoms with Crippen molar-refractivity contribution in [1.29, 1.82) is 0 Å². The number of hydrazone groups is 1. The molecule has 3 unspecified atom stereocenters. The Morgan fingerprint density at radius 1 is 1.30 bits per heavy atom. The fraction of sp³-hybridized carbons (Fsp3) is 0.600. The Kier molecular flexibility index (Phi) is 3.20. The lowest BCUT2D eigenvalue weighted by atomic mass is 9.48. The van der Waals surface area contributed by atoms with Crippen LogP contribution in [0.25, 0.3) is 11.0 Å². The molecule has 6 nitrogen and oxygen atoms in total. The lowest BCUT2D eigenvalue weighted by Gasteiger charge is -2.58. The summed E-state index contributed by atoms with van der Waals surface area (Å²) in [6.07, 6.45) is 8.90. The number of nitrogens with zero attached hydrogens (tertiary/aromatic N) is 3. The van der Waals surface area contributed by atoms with Gasteiger partial charge in [0.05, 0.1) is 11.3 Å². The van der Waals surface area contributed by atoms with Gasteiger partial charge >= 0.3 is 7.05 Å². The molecule has 2 aromatic rings. The van der Waals surface area contributed by atoms with Crippen LogP contribution in [0.15, 0.2) is 23.6 Å². The highest BCUT2D eigenvalue weighted by Gasteiger charge is 2.56. The summed E-state index contributed by atoms with van der Waals surface area (Å²) >= 11 is 0. The first kappa shape index (κ1) is 16.1. The van der Waals surface area contributed by atoms with Gasteiger partial charge in [-0.1, -0.05) is 0 Å². The summed E-state index contributed by atoms with van der Waals surface area (Å²) in [5.74, 6) is 2.01. The van der Waals surface area contributed by atoms with E-state index in [4.69, 9.17) is 5.10 Å². The summed E-state index contributed by atoms with van der Waals surface area (Å²) in [7, 11) is -0.749. The van der Waals surface area contributed by atoms with Crippen LogP contribution >= 0.6 is 0 Å². The first-order chi connectivity index (χ1) is 13.1. The molecule has 7 heteroatoms. The third-order valence-electron chi connectivity index (χ3n) is 7.55. The zero-order valence-corrected chi connectivity index (χ0v) is 15.6. The number of hydrogen-bond acceptors (Lipinski definition) is 5. The molecule has 4 bridgehead atoms. The molecule has 0 spiro atoms. The minimum Gasteiger partial charge on any atom is -0.428 e. The van der Waals surface area contributed by atoms with Crippen molar-refractivity contribution >= 4 is 29.3 Å². The molecule has 0 aromatic carbocycles. The molecule has 4 aliphatic carbocycles. The van der Waals surface area contributed by atoms with Gasteiger partial charge in [-0.15, -0.1) is 0 Å². The molecule has 3 N–H and O–H groups in total. The first-order valence-corrected chi connectivity index (χ1v) is 10.3. The van der Waals surface area contributed by atoms with E-state index < -0.39 is 12.7 Å². The van der Waals surface area contributed by atoms with Crippen LogP contribution < -0.4 is 5.46 Å². The van der Waals surface area contributed by atoms with E-state index in [1.54, 1.807) is 11.1 Å². The molecule has 27 heavy (non-hydrogen) atoms. The molecule has 4 saturated carbocycles. The Hall–Kier alpha value is -1.86. The largest absolute Gasteiger partial charge is 0.468 e. The zero-order valence-electron chi connectivity index (χ0n) is 15.6. The number of aromatic nitrogens is 2. The van der Waals surface area contributed by atoms with E-state index in [0.29, 0.717) is 30.2 Å². The minimum absolute atomic E-state index is 0.364. The number of H-pyrrole nitrogens is 1. The molecule has 5 aliphatic rings. The number of pyridine rings is 1. The van der Waals surface area contributed by atoms with E-state index in [1.165, 1.54) is 12.8 Å². The standard InChI is InChI=1S/C20H25BN4O2/c1-2-25-21(27)15-10-23-19-14(3-4-22-19)17(15)18(24-25)16-12-5-11-6-13(16)9-20(26,7-11)8-12/h3-4,10-13,16,26-27H,2,5-9H2,1H3,(H,22,23)/t11?,12-,13+,16?,20?. The Balaban J connectivity index is 1.53. The van der Waals surface area contributed by atoms with Gasteiger partial charge in [-0.05, 0) is 62.8 Å². The van der Waals surface area contributed by atoms with Crippen LogP contribution in [-0.4, -0.2) is 49.9 Å². The van der Waals surface area contributed by atoms with Crippen LogP contribution in [0.1, 0.15) is 44.6 Å². The maximum absolute atomic E-state index is 11.0. The van der Waals surface area contributed by atoms with Crippen LogP contribution in [-0.2, 0) is 0 Å². The van der Waals surface area contributed by atoms with Crippen molar-refractivity contribution in [2.24, 2.45) is 28.8 Å². The molecule has 2 aromatic heterocycles. The summed E-state index contributed by atoms with van der Waals surface area (Å²) in [6, 6.07) is 2.05. The number of fused-ring (bicyclic) bond motifs is 3. The van der Waals surface area contributed by atoms with Crippen molar-refractivity contribution in [1.82, 2.24) is 14.9 Å². The molecule has 0 amide bonds. The molecule has 140 valence electrons. The lowest BCUT2D eigenvalue weighted by Crippen LogP contribution is -2.59. The van der Waals surface area contributed by atoms with Gasteiger partial charge in [-0.2, -0.15) is 5.10 Å². The topological polar surface area (TPSA) is 84.7 Å². The van der Waals surface area contributed by atoms with E-state index in [-0.39, 0.29) is 0 Å².